The van der Waals surface area contributed by atoms with Crippen molar-refractivity contribution in [3.63, 3.8) is 0 Å². The van der Waals surface area contributed by atoms with Gasteiger partial charge in [-0.3, -0.25) is 0 Å². The second-order valence-corrected chi connectivity index (χ2v) is 5.08. The average molecular weight is 254 g/mol. The Balaban J connectivity index is 2.18. The summed E-state index contributed by atoms with van der Waals surface area (Å²) in [4.78, 5) is 4.44. The predicted octanol–water partition coefficient (Wildman–Crippen LogP) is 2.36. The molecule has 1 N–H and O–H groups in total. The van der Waals surface area contributed by atoms with E-state index in [-0.39, 0.29) is 12.0 Å². The summed E-state index contributed by atoms with van der Waals surface area (Å²) in [5.41, 5.74) is -0.500. The molecule has 5 nitrogen and oxygen atoms in total. The van der Waals surface area contributed by atoms with E-state index < -0.39 is 5.60 Å². The Labute approximate surface area is 108 Å². The van der Waals surface area contributed by atoms with Gasteiger partial charge in [0.15, 0.2) is 0 Å². The van der Waals surface area contributed by atoms with Crippen LogP contribution in [0.5, 0.6) is 0 Å². The smallest absolute Gasteiger partial charge is 0.232 e. The molecule has 0 amide bonds. The lowest BCUT2D eigenvalue weighted by Crippen LogP contribution is -2.26. The summed E-state index contributed by atoms with van der Waals surface area (Å²) in [6.45, 7) is 6.57. The molecule has 1 aromatic heterocycles. The van der Waals surface area contributed by atoms with E-state index in [1.165, 1.54) is 0 Å². The highest BCUT2D eigenvalue weighted by Crippen LogP contribution is 2.35. The minimum Gasteiger partial charge on any atom is -0.392 e. The Kier molecular flexibility index (Phi) is 4.02. The molecule has 0 aromatic carbocycles. The summed E-state index contributed by atoms with van der Waals surface area (Å²) >= 11 is 0. The molecule has 3 atom stereocenters. The van der Waals surface area contributed by atoms with Crippen LogP contribution in [0.25, 0.3) is 0 Å². The van der Waals surface area contributed by atoms with E-state index >= 15 is 0 Å². The number of aromatic nitrogens is 2. The molecule has 1 aliphatic rings. The maximum Gasteiger partial charge on any atom is 0.232 e. The van der Waals surface area contributed by atoms with Crippen molar-refractivity contribution in [2.75, 3.05) is 6.61 Å². The molecule has 1 aromatic rings. The lowest BCUT2D eigenvalue weighted by Gasteiger charge is -2.23. The summed E-state index contributed by atoms with van der Waals surface area (Å²) in [6, 6.07) is 0. The highest BCUT2D eigenvalue weighted by Gasteiger charge is 2.35. The summed E-state index contributed by atoms with van der Waals surface area (Å²) in [5.74, 6) is 1.13. The van der Waals surface area contributed by atoms with Crippen LogP contribution in [0.1, 0.15) is 64.1 Å². The molecule has 102 valence electrons. The van der Waals surface area contributed by atoms with E-state index in [0.29, 0.717) is 18.3 Å². The van der Waals surface area contributed by atoms with Crippen LogP contribution in [0, 0.1) is 0 Å². The molecule has 1 heterocycles. The third-order valence-electron chi connectivity index (χ3n) is 3.85. The number of hydrogen-bond acceptors (Lipinski definition) is 5. The van der Waals surface area contributed by atoms with Crippen LogP contribution >= 0.6 is 0 Å². The van der Waals surface area contributed by atoms with Gasteiger partial charge in [-0.2, -0.15) is 4.98 Å². The van der Waals surface area contributed by atoms with Gasteiger partial charge in [-0.15, -0.1) is 0 Å². The first-order valence-electron chi connectivity index (χ1n) is 6.76. The quantitative estimate of drug-likeness (QED) is 0.873. The molecule has 2 rings (SSSR count). The minimum absolute atomic E-state index is 0.00557. The maximum absolute atomic E-state index is 9.86. The Bertz CT molecular complexity index is 393. The molecule has 1 aliphatic carbocycles. The highest BCUT2D eigenvalue weighted by atomic mass is 16.5. The van der Waals surface area contributed by atoms with Crippen LogP contribution in [0.15, 0.2) is 4.52 Å². The van der Waals surface area contributed by atoms with Crippen molar-refractivity contribution in [3.05, 3.63) is 11.7 Å². The molecule has 18 heavy (non-hydrogen) atoms. The van der Waals surface area contributed by atoms with Gasteiger partial charge in [0.05, 0.1) is 12.0 Å². The number of nitrogens with zero attached hydrogens (tertiary/aromatic N) is 2. The zero-order valence-corrected chi connectivity index (χ0v) is 11.3. The molecule has 0 bridgehead atoms. The van der Waals surface area contributed by atoms with Crippen molar-refractivity contribution in [1.29, 1.82) is 0 Å². The van der Waals surface area contributed by atoms with Crippen molar-refractivity contribution in [3.8, 4) is 0 Å². The van der Waals surface area contributed by atoms with Gasteiger partial charge >= 0.3 is 0 Å². The fraction of sp³-hybridized carbons (Fsp3) is 0.846. The second kappa shape index (κ2) is 5.36. The van der Waals surface area contributed by atoms with Gasteiger partial charge in [0.25, 0.3) is 0 Å². The number of aliphatic hydroxyl groups is 1. The second-order valence-electron chi connectivity index (χ2n) is 5.08. The molecule has 0 aliphatic heterocycles. The Morgan fingerprint density at radius 1 is 1.44 bits per heavy atom. The van der Waals surface area contributed by atoms with Gasteiger partial charge in [0.1, 0.15) is 5.60 Å². The third-order valence-corrected chi connectivity index (χ3v) is 3.85. The lowest BCUT2D eigenvalue weighted by atomic mass is 10.0. The fourth-order valence-electron chi connectivity index (χ4n) is 2.47. The standard InChI is InChI=1S/C13H22N2O3/c1-4-13(3,17-5-2)12-14-11(18-15-12)9-7-6-8-10(9)16/h9-10,16H,4-8H2,1-3H3. The summed E-state index contributed by atoms with van der Waals surface area (Å²) in [5, 5.41) is 13.9. The summed E-state index contributed by atoms with van der Waals surface area (Å²) in [6.07, 6.45) is 3.19. The van der Waals surface area contributed by atoms with Gasteiger partial charge in [0.2, 0.25) is 11.7 Å². The van der Waals surface area contributed by atoms with Crippen molar-refractivity contribution in [1.82, 2.24) is 10.1 Å². The largest absolute Gasteiger partial charge is 0.392 e. The molecule has 3 unspecified atom stereocenters. The van der Waals surface area contributed by atoms with Crippen LogP contribution in [0.2, 0.25) is 0 Å². The van der Waals surface area contributed by atoms with Gasteiger partial charge < -0.3 is 14.4 Å². The summed E-state index contributed by atoms with van der Waals surface area (Å²) < 4.78 is 11.0. The van der Waals surface area contributed by atoms with E-state index in [9.17, 15) is 5.11 Å². The number of aliphatic hydroxyl groups excluding tert-OH is 1. The van der Waals surface area contributed by atoms with Crippen LogP contribution in [-0.2, 0) is 10.3 Å². The van der Waals surface area contributed by atoms with Crippen molar-refractivity contribution in [2.24, 2.45) is 0 Å². The van der Waals surface area contributed by atoms with Crippen molar-refractivity contribution >= 4 is 0 Å². The monoisotopic (exact) mass is 254 g/mol. The van der Waals surface area contributed by atoms with E-state index in [2.05, 4.69) is 10.1 Å². The number of rotatable bonds is 5. The molecular formula is C13H22N2O3. The van der Waals surface area contributed by atoms with Crippen LogP contribution in [-0.4, -0.2) is 28.0 Å². The molecule has 0 saturated heterocycles. The zero-order valence-electron chi connectivity index (χ0n) is 11.3. The van der Waals surface area contributed by atoms with Crippen molar-refractivity contribution in [2.45, 2.75) is 64.1 Å². The molecule has 1 fully saturated rings. The predicted molar refractivity (Wildman–Crippen MR) is 66.2 cm³/mol. The Morgan fingerprint density at radius 2 is 2.22 bits per heavy atom. The zero-order chi connectivity index (χ0) is 13.2. The molecule has 5 heteroatoms. The molecule has 0 radical (unpaired) electrons. The van der Waals surface area contributed by atoms with Gasteiger partial charge in [0, 0.05) is 6.61 Å². The SMILES string of the molecule is CCOC(C)(CC)c1noc(C2CCCC2O)n1. The van der Waals surface area contributed by atoms with E-state index in [1.807, 2.05) is 20.8 Å². The van der Waals surface area contributed by atoms with Crippen LogP contribution in [0.4, 0.5) is 0 Å². The van der Waals surface area contributed by atoms with Crippen LogP contribution in [0.3, 0.4) is 0 Å². The molecule has 1 saturated carbocycles. The van der Waals surface area contributed by atoms with Crippen LogP contribution < -0.4 is 0 Å². The Hall–Kier alpha value is -0.940. The van der Waals surface area contributed by atoms with E-state index in [0.717, 1.165) is 25.7 Å². The Morgan fingerprint density at radius 3 is 2.78 bits per heavy atom. The highest BCUT2D eigenvalue weighted by molar-refractivity contribution is 5.05. The van der Waals surface area contributed by atoms with Crippen molar-refractivity contribution < 1.29 is 14.4 Å². The average Bonchev–Trinajstić information content (AvgIpc) is 2.97. The molecular weight excluding hydrogens is 232 g/mol. The first-order valence-corrected chi connectivity index (χ1v) is 6.76. The maximum atomic E-state index is 9.86. The van der Waals surface area contributed by atoms with Gasteiger partial charge in [-0.25, -0.2) is 0 Å². The van der Waals surface area contributed by atoms with Gasteiger partial charge in [-0.05, 0) is 39.5 Å². The first kappa shape index (κ1) is 13.5. The summed E-state index contributed by atoms with van der Waals surface area (Å²) in [7, 11) is 0. The normalized spacial score (nSPS) is 27.3. The topological polar surface area (TPSA) is 68.4 Å². The first-order chi connectivity index (χ1) is 8.60. The fourth-order valence-corrected chi connectivity index (χ4v) is 2.47. The number of hydrogen-bond donors (Lipinski definition) is 1. The molecule has 0 spiro atoms. The lowest BCUT2D eigenvalue weighted by molar-refractivity contribution is -0.0403. The van der Waals surface area contributed by atoms with Gasteiger partial charge in [-0.1, -0.05) is 12.1 Å². The number of ether oxygens (including phenoxy) is 1. The van der Waals surface area contributed by atoms with E-state index in [4.69, 9.17) is 9.26 Å². The third kappa shape index (κ3) is 2.42. The minimum atomic E-state index is -0.500. The van der Waals surface area contributed by atoms with E-state index in [1.54, 1.807) is 0 Å².